The van der Waals surface area contributed by atoms with E-state index in [-0.39, 0.29) is 23.8 Å². The minimum atomic E-state index is -0.290. The van der Waals surface area contributed by atoms with E-state index < -0.39 is 0 Å². The van der Waals surface area contributed by atoms with Gasteiger partial charge in [0.05, 0.1) is 18.5 Å². The van der Waals surface area contributed by atoms with Gasteiger partial charge in [-0.15, -0.1) is 0 Å². The Labute approximate surface area is 161 Å². The molecule has 8 nitrogen and oxygen atoms in total. The molecule has 2 aliphatic rings. The molecule has 5 rings (SSSR count). The van der Waals surface area contributed by atoms with Crippen molar-refractivity contribution in [1.29, 1.82) is 0 Å². The third-order valence-corrected chi connectivity index (χ3v) is 5.98. The average Bonchev–Trinajstić information content (AvgIpc) is 3.39. The third-order valence-electron chi connectivity index (χ3n) is 5.98. The smallest absolute Gasteiger partial charge is 0.256 e. The summed E-state index contributed by atoms with van der Waals surface area (Å²) in [6, 6.07) is 8.99. The summed E-state index contributed by atoms with van der Waals surface area (Å²) in [7, 11) is 0. The van der Waals surface area contributed by atoms with Gasteiger partial charge in [0.25, 0.3) is 5.91 Å². The highest BCUT2D eigenvalue weighted by atomic mass is 16.6. The fourth-order valence-corrected chi connectivity index (χ4v) is 4.21. The number of anilines is 1. The molecule has 144 valence electrons. The molecule has 3 aromatic rings. The molecule has 0 saturated carbocycles. The standard InChI is InChI=1S/C20H21N5O3/c1-3-20-9-27-15(12(20)2)19(28-20)25-11-23-14-16(21-10-22-17(14)25)24-18(26)13-7-5-4-6-8-13/h4-8,10-12,15,19H,3,9H2,1-2H3,(H,21,22,24,26)/t12?,15-,19+,20-/m0/s1. The van der Waals surface area contributed by atoms with Crippen LogP contribution in [-0.2, 0) is 9.47 Å². The summed E-state index contributed by atoms with van der Waals surface area (Å²) in [5, 5.41) is 2.83. The Hall–Kier alpha value is -2.84. The summed E-state index contributed by atoms with van der Waals surface area (Å²) >= 11 is 0. The second-order valence-corrected chi connectivity index (χ2v) is 7.36. The maximum absolute atomic E-state index is 12.5. The zero-order valence-corrected chi connectivity index (χ0v) is 15.7. The van der Waals surface area contributed by atoms with Gasteiger partial charge in [-0.05, 0) is 18.6 Å². The summed E-state index contributed by atoms with van der Waals surface area (Å²) in [5.74, 6) is 0.423. The molecular weight excluding hydrogens is 358 g/mol. The molecule has 2 aliphatic heterocycles. The van der Waals surface area contributed by atoms with Crippen LogP contribution >= 0.6 is 0 Å². The number of nitrogens with zero attached hydrogens (tertiary/aromatic N) is 4. The summed E-state index contributed by atoms with van der Waals surface area (Å²) in [5.41, 5.74) is 1.43. The lowest BCUT2D eigenvalue weighted by Crippen LogP contribution is -2.36. The van der Waals surface area contributed by atoms with Crippen molar-refractivity contribution >= 4 is 22.9 Å². The summed E-state index contributed by atoms with van der Waals surface area (Å²) in [6.07, 6.45) is 3.66. The van der Waals surface area contributed by atoms with Crippen LogP contribution in [0, 0.1) is 5.92 Å². The van der Waals surface area contributed by atoms with Gasteiger partial charge in [0.1, 0.15) is 12.4 Å². The lowest BCUT2D eigenvalue weighted by molar-refractivity contribution is -0.172. The number of fused-ring (bicyclic) bond motifs is 3. The van der Waals surface area contributed by atoms with E-state index in [9.17, 15) is 4.79 Å². The number of carbonyl (C=O) groups excluding carboxylic acids is 1. The molecule has 0 spiro atoms. The van der Waals surface area contributed by atoms with Crippen LogP contribution in [0.2, 0.25) is 0 Å². The molecule has 1 unspecified atom stereocenters. The van der Waals surface area contributed by atoms with Gasteiger partial charge in [-0.2, -0.15) is 0 Å². The van der Waals surface area contributed by atoms with Crippen molar-refractivity contribution in [3.05, 3.63) is 48.5 Å². The van der Waals surface area contributed by atoms with Gasteiger partial charge >= 0.3 is 0 Å². The molecule has 0 radical (unpaired) electrons. The third kappa shape index (κ3) is 2.45. The fraction of sp³-hybridized carbons (Fsp3) is 0.400. The minimum absolute atomic E-state index is 0.0466. The topological polar surface area (TPSA) is 91.2 Å². The molecule has 4 atom stereocenters. The Bertz CT molecular complexity index is 1040. The normalized spacial score (nSPS) is 28.7. The Morgan fingerprint density at radius 2 is 2.11 bits per heavy atom. The Morgan fingerprint density at radius 3 is 2.86 bits per heavy atom. The highest BCUT2D eigenvalue weighted by Crippen LogP contribution is 2.50. The molecule has 1 aromatic carbocycles. The van der Waals surface area contributed by atoms with Crippen molar-refractivity contribution in [3.8, 4) is 0 Å². The second-order valence-electron chi connectivity index (χ2n) is 7.36. The maximum atomic E-state index is 12.5. The van der Waals surface area contributed by atoms with Crippen molar-refractivity contribution < 1.29 is 14.3 Å². The van der Waals surface area contributed by atoms with Crippen LogP contribution in [0.5, 0.6) is 0 Å². The van der Waals surface area contributed by atoms with Crippen LogP contribution in [0.4, 0.5) is 5.82 Å². The van der Waals surface area contributed by atoms with Gasteiger partial charge < -0.3 is 14.8 Å². The predicted molar refractivity (Wildman–Crippen MR) is 102 cm³/mol. The first kappa shape index (κ1) is 17.3. The van der Waals surface area contributed by atoms with Crippen LogP contribution in [0.25, 0.3) is 11.2 Å². The molecule has 8 heteroatoms. The molecule has 1 N–H and O–H groups in total. The summed E-state index contributed by atoms with van der Waals surface area (Å²) in [4.78, 5) is 25.6. The van der Waals surface area contributed by atoms with E-state index in [2.05, 4.69) is 34.1 Å². The Kier molecular flexibility index (Phi) is 3.92. The number of amides is 1. The van der Waals surface area contributed by atoms with Crippen LogP contribution in [0.1, 0.15) is 36.9 Å². The number of hydrogen-bond donors (Lipinski definition) is 1. The Balaban J connectivity index is 1.48. The molecule has 2 saturated heterocycles. The van der Waals surface area contributed by atoms with Gasteiger partial charge in [0, 0.05) is 11.5 Å². The molecule has 4 heterocycles. The molecular formula is C20H21N5O3. The number of carbonyl (C=O) groups is 1. The first-order valence-electron chi connectivity index (χ1n) is 9.46. The van der Waals surface area contributed by atoms with Gasteiger partial charge in [0.2, 0.25) is 0 Å². The molecule has 2 bridgehead atoms. The van der Waals surface area contributed by atoms with Crippen molar-refractivity contribution in [3.63, 3.8) is 0 Å². The van der Waals surface area contributed by atoms with E-state index in [1.807, 2.05) is 22.8 Å². The largest absolute Gasteiger partial charge is 0.370 e. The minimum Gasteiger partial charge on any atom is -0.370 e. The monoisotopic (exact) mass is 379 g/mol. The zero-order valence-electron chi connectivity index (χ0n) is 15.7. The van der Waals surface area contributed by atoms with E-state index in [1.165, 1.54) is 6.33 Å². The molecule has 1 amide bonds. The molecule has 2 fully saturated rings. The zero-order chi connectivity index (χ0) is 19.3. The predicted octanol–water partition coefficient (Wildman–Crippen LogP) is 2.79. The van der Waals surface area contributed by atoms with Crippen molar-refractivity contribution in [2.45, 2.75) is 38.2 Å². The van der Waals surface area contributed by atoms with E-state index in [1.54, 1.807) is 18.5 Å². The van der Waals surface area contributed by atoms with Crippen molar-refractivity contribution in [2.24, 2.45) is 5.92 Å². The molecule has 0 aliphatic carbocycles. The van der Waals surface area contributed by atoms with Crippen molar-refractivity contribution in [2.75, 3.05) is 11.9 Å². The summed E-state index contributed by atoms with van der Waals surface area (Å²) in [6.45, 7) is 4.91. The van der Waals surface area contributed by atoms with E-state index in [4.69, 9.17) is 9.47 Å². The number of imidazole rings is 1. The SMILES string of the molecule is CC[C@]12CO[C@@H](C1C)[C@H](n1cnc3c(NC(=O)c4ccccc4)ncnc31)O2. The number of benzene rings is 1. The van der Waals surface area contributed by atoms with Crippen LogP contribution < -0.4 is 5.32 Å². The van der Waals surface area contributed by atoms with Gasteiger partial charge in [-0.1, -0.05) is 32.0 Å². The molecule has 28 heavy (non-hydrogen) atoms. The van der Waals surface area contributed by atoms with Gasteiger partial charge in [0.15, 0.2) is 23.2 Å². The van der Waals surface area contributed by atoms with Crippen LogP contribution in [-0.4, -0.2) is 43.7 Å². The summed E-state index contributed by atoms with van der Waals surface area (Å²) < 4.78 is 14.3. The lowest BCUT2D eigenvalue weighted by Gasteiger charge is -2.30. The quantitative estimate of drug-likeness (QED) is 0.750. The number of hydrogen-bond acceptors (Lipinski definition) is 6. The van der Waals surface area contributed by atoms with E-state index in [0.717, 1.165) is 6.42 Å². The van der Waals surface area contributed by atoms with Gasteiger partial charge in [-0.3, -0.25) is 9.36 Å². The number of nitrogens with one attached hydrogen (secondary N) is 1. The number of ether oxygens (including phenoxy) is 2. The number of aromatic nitrogens is 4. The fourth-order valence-electron chi connectivity index (χ4n) is 4.21. The first-order valence-corrected chi connectivity index (χ1v) is 9.46. The average molecular weight is 379 g/mol. The maximum Gasteiger partial charge on any atom is 0.256 e. The highest BCUT2D eigenvalue weighted by molar-refractivity contribution is 6.06. The van der Waals surface area contributed by atoms with Gasteiger partial charge in [-0.25, -0.2) is 15.0 Å². The highest BCUT2D eigenvalue weighted by Gasteiger charge is 2.59. The first-order chi connectivity index (χ1) is 13.6. The lowest BCUT2D eigenvalue weighted by atomic mass is 9.88. The molecule has 2 aromatic heterocycles. The van der Waals surface area contributed by atoms with E-state index >= 15 is 0 Å². The second kappa shape index (κ2) is 6.35. The Morgan fingerprint density at radius 1 is 1.29 bits per heavy atom. The van der Waals surface area contributed by atoms with E-state index in [0.29, 0.717) is 35.1 Å². The van der Waals surface area contributed by atoms with Crippen LogP contribution in [0.15, 0.2) is 43.0 Å². The van der Waals surface area contributed by atoms with Crippen LogP contribution in [0.3, 0.4) is 0 Å². The van der Waals surface area contributed by atoms with Crippen molar-refractivity contribution in [1.82, 2.24) is 19.5 Å². The number of rotatable bonds is 4.